The second-order valence-electron chi connectivity index (χ2n) is 9.20. The van der Waals surface area contributed by atoms with E-state index in [1.54, 1.807) is 24.9 Å². The molecule has 172 valence electrons. The number of fused-ring (bicyclic) bond motifs is 5. The summed E-state index contributed by atoms with van der Waals surface area (Å²) in [5, 5.41) is -0.530. The van der Waals surface area contributed by atoms with Gasteiger partial charge in [-0.05, 0) is 70.4 Å². The quantitative estimate of drug-likeness (QED) is 0.756. The second kappa shape index (κ2) is 9.03. The summed E-state index contributed by atoms with van der Waals surface area (Å²) in [5.41, 5.74) is 2.24. The van der Waals surface area contributed by atoms with Gasteiger partial charge in [-0.15, -0.1) is 0 Å². The molecule has 2 fully saturated rings. The molecule has 2 bridgehead atoms. The van der Waals surface area contributed by atoms with Crippen molar-refractivity contribution in [2.75, 3.05) is 19.8 Å². The van der Waals surface area contributed by atoms with Crippen molar-refractivity contribution < 1.29 is 22.7 Å². The van der Waals surface area contributed by atoms with Crippen molar-refractivity contribution in [2.24, 2.45) is 0 Å². The maximum Gasteiger partial charge on any atom is 0.260 e. The van der Waals surface area contributed by atoms with E-state index in [1.807, 2.05) is 6.07 Å². The van der Waals surface area contributed by atoms with Crippen molar-refractivity contribution >= 4 is 15.9 Å². The molecule has 0 radical (unpaired) electrons. The number of aryl methyl sites for hydroxylation is 1. The van der Waals surface area contributed by atoms with Gasteiger partial charge in [0.25, 0.3) is 5.91 Å². The molecule has 4 aliphatic rings. The highest BCUT2D eigenvalue weighted by molar-refractivity contribution is 7.90. The number of rotatable bonds is 3. The number of nitrogens with one attached hydrogen (secondary N) is 1. The molecule has 5 rings (SSSR count). The molecule has 8 nitrogen and oxygen atoms in total. The van der Waals surface area contributed by atoms with E-state index in [0.29, 0.717) is 31.4 Å². The van der Waals surface area contributed by atoms with Gasteiger partial charge >= 0.3 is 0 Å². The molecule has 3 aliphatic heterocycles. The number of pyridine rings is 1. The minimum atomic E-state index is -3.45. The summed E-state index contributed by atoms with van der Waals surface area (Å²) in [6.45, 7) is 6.06. The van der Waals surface area contributed by atoms with Gasteiger partial charge in [0.15, 0.2) is 6.61 Å². The van der Waals surface area contributed by atoms with Crippen LogP contribution in [0.2, 0.25) is 0 Å². The van der Waals surface area contributed by atoms with Crippen LogP contribution in [-0.4, -0.2) is 67.4 Å². The molecular formula is C22H33N3O5S. The monoisotopic (exact) mass is 451 g/mol. The lowest BCUT2D eigenvalue weighted by Crippen LogP contribution is -2.51. The average molecular weight is 452 g/mol. The Labute approximate surface area is 184 Å². The van der Waals surface area contributed by atoms with Crippen LogP contribution < -0.4 is 9.46 Å². The van der Waals surface area contributed by atoms with Crippen LogP contribution in [0.1, 0.15) is 63.0 Å². The number of aromatic nitrogens is 1. The molecule has 4 heterocycles. The molecule has 9 heteroatoms. The zero-order chi connectivity index (χ0) is 22.2. The Morgan fingerprint density at radius 2 is 1.94 bits per heavy atom. The first-order chi connectivity index (χ1) is 14.8. The number of hydrogen-bond acceptors (Lipinski definition) is 6. The SMILES string of the molecule is Cc1ccnc2c1C1CCC(CC1)OCC1C(NS(=O)(=O)C(C)C)CCN1C(=O)CO2. The first-order valence-corrected chi connectivity index (χ1v) is 12.8. The first-order valence-electron chi connectivity index (χ1n) is 11.3. The minimum Gasteiger partial charge on any atom is -0.467 e. The molecule has 1 N–H and O–H groups in total. The highest BCUT2D eigenvalue weighted by atomic mass is 32.2. The number of nitrogens with zero attached hydrogens (tertiary/aromatic N) is 2. The summed E-state index contributed by atoms with van der Waals surface area (Å²) in [5.74, 6) is 0.732. The van der Waals surface area contributed by atoms with Crippen molar-refractivity contribution in [1.82, 2.24) is 14.6 Å². The zero-order valence-corrected chi connectivity index (χ0v) is 19.4. The maximum absolute atomic E-state index is 13.1. The Morgan fingerprint density at radius 3 is 2.65 bits per heavy atom. The van der Waals surface area contributed by atoms with Gasteiger partial charge in [0.2, 0.25) is 15.9 Å². The van der Waals surface area contributed by atoms with Gasteiger partial charge in [0.1, 0.15) is 0 Å². The summed E-state index contributed by atoms with van der Waals surface area (Å²) in [4.78, 5) is 19.2. The Morgan fingerprint density at radius 1 is 1.19 bits per heavy atom. The second-order valence-corrected chi connectivity index (χ2v) is 11.5. The van der Waals surface area contributed by atoms with Gasteiger partial charge in [-0.1, -0.05) is 0 Å². The Balaban J connectivity index is 1.60. The molecule has 2 unspecified atom stereocenters. The summed E-state index contributed by atoms with van der Waals surface area (Å²) in [6, 6.07) is 1.30. The van der Waals surface area contributed by atoms with E-state index in [-0.39, 0.29) is 30.7 Å². The van der Waals surface area contributed by atoms with Crippen LogP contribution in [0, 0.1) is 6.92 Å². The molecule has 0 aromatic carbocycles. The number of sulfonamides is 1. The van der Waals surface area contributed by atoms with Crippen LogP contribution in [0.3, 0.4) is 0 Å². The predicted molar refractivity (Wildman–Crippen MR) is 117 cm³/mol. The molecule has 1 aromatic rings. The molecular weight excluding hydrogens is 418 g/mol. The third kappa shape index (κ3) is 4.73. The summed E-state index contributed by atoms with van der Waals surface area (Å²) in [6.07, 6.45) is 6.24. The summed E-state index contributed by atoms with van der Waals surface area (Å²) < 4.78 is 39.9. The van der Waals surface area contributed by atoms with Crippen LogP contribution >= 0.6 is 0 Å². The fourth-order valence-corrected chi connectivity index (χ4v) is 5.95. The Hall–Kier alpha value is -1.71. The molecule has 31 heavy (non-hydrogen) atoms. The normalized spacial score (nSPS) is 29.5. The molecule has 2 atom stereocenters. The first kappa shape index (κ1) is 22.5. The van der Waals surface area contributed by atoms with Gasteiger partial charge in [-0.2, -0.15) is 0 Å². The van der Waals surface area contributed by atoms with Crippen molar-refractivity contribution in [3.8, 4) is 5.88 Å². The molecule has 0 spiro atoms. The molecule has 1 aromatic heterocycles. The van der Waals surface area contributed by atoms with E-state index < -0.39 is 15.3 Å². The molecule has 1 saturated heterocycles. The van der Waals surface area contributed by atoms with E-state index in [0.717, 1.165) is 36.8 Å². The van der Waals surface area contributed by atoms with Gasteiger partial charge in [0, 0.05) is 24.3 Å². The largest absolute Gasteiger partial charge is 0.467 e. The number of carbonyl (C=O) groups is 1. The Kier molecular flexibility index (Phi) is 6.55. The third-order valence-electron chi connectivity index (χ3n) is 6.89. The van der Waals surface area contributed by atoms with E-state index in [4.69, 9.17) is 9.47 Å². The fourth-order valence-electron chi connectivity index (χ4n) is 4.98. The van der Waals surface area contributed by atoms with Crippen LogP contribution in [0.15, 0.2) is 12.3 Å². The van der Waals surface area contributed by atoms with Crippen molar-refractivity contribution in [1.29, 1.82) is 0 Å². The Bertz CT molecular complexity index is 912. The van der Waals surface area contributed by atoms with E-state index >= 15 is 0 Å². The summed E-state index contributed by atoms with van der Waals surface area (Å²) >= 11 is 0. The zero-order valence-electron chi connectivity index (χ0n) is 18.5. The number of carbonyl (C=O) groups excluding carboxylic acids is 1. The molecule has 1 aliphatic carbocycles. The predicted octanol–water partition coefficient (Wildman–Crippen LogP) is 2.12. The third-order valence-corrected chi connectivity index (χ3v) is 8.76. The maximum atomic E-state index is 13.1. The van der Waals surface area contributed by atoms with Gasteiger partial charge < -0.3 is 14.4 Å². The lowest BCUT2D eigenvalue weighted by molar-refractivity contribution is -0.136. The molecule has 1 amide bonds. The van der Waals surface area contributed by atoms with E-state index in [1.165, 1.54) is 0 Å². The fraction of sp³-hybridized carbons (Fsp3) is 0.727. The smallest absolute Gasteiger partial charge is 0.260 e. The lowest BCUT2D eigenvalue weighted by Gasteiger charge is -2.32. The average Bonchev–Trinajstić information content (AvgIpc) is 3.12. The number of amides is 1. The van der Waals surface area contributed by atoms with Gasteiger partial charge in [-0.3, -0.25) is 4.79 Å². The van der Waals surface area contributed by atoms with Crippen LogP contribution in [0.25, 0.3) is 0 Å². The number of ether oxygens (including phenoxy) is 2. The molecule has 1 saturated carbocycles. The summed E-state index contributed by atoms with van der Waals surface area (Å²) in [7, 11) is -3.45. The van der Waals surface area contributed by atoms with Crippen molar-refractivity contribution in [3.63, 3.8) is 0 Å². The topological polar surface area (TPSA) is 97.8 Å². The highest BCUT2D eigenvalue weighted by Gasteiger charge is 2.41. The highest BCUT2D eigenvalue weighted by Crippen LogP contribution is 2.39. The van der Waals surface area contributed by atoms with Crippen LogP contribution in [0.5, 0.6) is 5.88 Å². The standard InChI is InChI=1S/C22H33N3O5S/c1-14(2)31(27,28)24-18-9-11-25-19(18)12-29-17-6-4-16(5-7-17)21-15(3)8-10-23-22(21)30-13-20(25)26/h8,10,14,16-19,24H,4-7,9,11-13H2,1-3H3. The lowest BCUT2D eigenvalue weighted by atomic mass is 9.81. The van der Waals surface area contributed by atoms with E-state index in [9.17, 15) is 13.2 Å². The van der Waals surface area contributed by atoms with Gasteiger partial charge in [0.05, 0.1) is 24.0 Å². The van der Waals surface area contributed by atoms with Crippen molar-refractivity contribution in [2.45, 2.75) is 82.2 Å². The van der Waals surface area contributed by atoms with Crippen LogP contribution in [-0.2, 0) is 19.6 Å². The van der Waals surface area contributed by atoms with Crippen LogP contribution in [0.4, 0.5) is 0 Å². The van der Waals surface area contributed by atoms with E-state index in [2.05, 4.69) is 16.6 Å². The minimum absolute atomic E-state index is 0.111. The van der Waals surface area contributed by atoms with Gasteiger partial charge in [-0.25, -0.2) is 18.1 Å². The number of hydrogen-bond donors (Lipinski definition) is 1. The van der Waals surface area contributed by atoms with Crippen molar-refractivity contribution in [3.05, 3.63) is 23.4 Å².